The summed E-state index contributed by atoms with van der Waals surface area (Å²) < 4.78 is 0. The Labute approximate surface area is 157 Å². The highest BCUT2D eigenvalue weighted by molar-refractivity contribution is 6.30. The van der Waals surface area contributed by atoms with E-state index in [1.54, 1.807) is 7.05 Å². The molecule has 0 aromatic heterocycles. The number of anilines is 1. The number of carbonyl (C=O) groups excluding carboxylic acids is 2. The highest BCUT2D eigenvalue weighted by Gasteiger charge is 2.28. The molecule has 0 atom stereocenters. The number of carbonyl (C=O) groups is 2. The fourth-order valence-electron chi connectivity index (χ4n) is 3.14. The normalized spacial score (nSPS) is 18.4. The Bertz CT molecular complexity index is 686. The van der Waals surface area contributed by atoms with Gasteiger partial charge in [-0.25, -0.2) is 4.79 Å². The predicted molar refractivity (Wildman–Crippen MR) is 102 cm³/mol. The lowest BCUT2D eigenvalue weighted by molar-refractivity contribution is -0.124. The van der Waals surface area contributed by atoms with Gasteiger partial charge in [-0.1, -0.05) is 17.7 Å². The van der Waals surface area contributed by atoms with Gasteiger partial charge in [-0.3, -0.25) is 14.7 Å². The maximum Gasteiger partial charge on any atom is 0.324 e. The summed E-state index contributed by atoms with van der Waals surface area (Å²) >= 11 is 6.07. The quantitative estimate of drug-likeness (QED) is 0.455. The second-order valence-corrected chi connectivity index (χ2v) is 6.57. The van der Waals surface area contributed by atoms with E-state index in [4.69, 9.17) is 11.6 Å². The van der Waals surface area contributed by atoms with Crippen molar-refractivity contribution in [3.8, 4) is 0 Å². The molecule has 3 rings (SSSR count). The number of nitrogens with one attached hydrogen (secondary N) is 2. The molecular weight excluding hydrogens is 356 g/mol. The number of imide groups is 1. The first-order valence-electron chi connectivity index (χ1n) is 8.63. The lowest BCUT2D eigenvalue weighted by atomic mass is 10.2. The summed E-state index contributed by atoms with van der Waals surface area (Å²) in [6.45, 7) is 4.28. The van der Waals surface area contributed by atoms with Crippen molar-refractivity contribution in [1.29, 1.82) is 0 Å². The molecule has 0 bridgehead atoms. The fraction of sp³-hybridized carbons (Fsp3) is 0.471. The van der Waals surface area contributed by atoms with E-state index in [-0.39, 0.29) is 18.5 Å². The zero-order valence-corrected chi connectivity index (χ0v) is 15.5. The highest BCUT2D eigenvalue weighted by atomic mass is 35.5. The Balaban J connectivity index is 1.48. The summed E-state index contributed by atoms with van der Waals surface area (Å²) in [5.74, 6) is 0.588. The van der Waals surface area contributed by atoms with E-state index < -0.39 is 0 Å². The zero-order chi connectivity index (χ0) is 18.5. The number of halogens is 1. The zero-order valence-electron chi connectivity index (χ0n) is 14.7. The number of hydrogen-bond acceptors (Lipinski definition) is 4. The molecule has 0 spiro atoms. The summed E-state index contributed by atoms with van der Waals surface area (Å²) in [5.41, 5.74) is 1.12. The Kier molecular flexibility index (Phi) is 5.82. The van der Waals surface area contributed by atoms with Crippen LogP contribution in [-0.4, -0.2) is 80.6 Å². The molecule has 2 heterocycles. The maximum absolute atomic E-state index is 11.6. The third-order valence-electron chi connectivity index (χ3n) is 4.52. The number of aliphatic imine (C=N–C) groups is 1. The Morgan fingerprint density at radius 1 is 1.27 bits per heavy atom. The number of nitrogens with zero attached hydrogens (tertiary/aromatic N) is 4. The standard InChI is InChI=1S/C17H23ClN6O2/c1-19-16(20-5-6-24-15(25)12-21-17(24)26)23-9-7-22(8-10-23)14-4-2-3-13(18)11-14/h2-4,11H,5-10,12H2,1H3,(H,19,20)(H,21,26). The van der Waals surface area contributed by atoms with Crippen molar-refractivity contribution >= 4 is 35.2 Å². The lowest BCUT2D eigenvalue weighted by Gasteiger charge is -2.37. The molecule has 26 heavy (non-hydrogen) atoms. The van der Waals surface area contributed by atoms with Gasteiger partial charge in [-0.15, -0.1) is 0 Å². The molecule has 0 radical (unpaired) electrons. The van der Waals surface area contributed by atoms with Crippen LogP contribution in [0, 0.1) is 0 Å². The largest absolute Gasteiger partial charge is 0.368 e. The molecule has 2 N–H and O–H groups in total. The number of benzene rings is 1. The first-order valence-corrected chi connectivity index (χ1v) is 9.00. The smallest absolute Gasteiger partial charge is 0.324 e. The van der Waals surface area contributed by atoms with Crippen LogP contribution in [0.15, 0.2) is 29.3 Å². The first kappa shape index (κ1) is 18.3. The lowest BCUT2D eigenvalue weighted by Crippen LogP contribution is -2.53. The van der Waals surface area contributed by atoms with Gasteiger partial charge in [-0.05, 0) is 18.2 Å². The van der Waals surface area contributed by atoms with Crippen molar-refractivity contribution < 1.29 is 9.59 Å². The number of amides is 3. The minimum absolute atomic E-state index is 0.0824. The summed E-state index contributed by atoms with van der Waals surface area (Å²) in [5, 5.41) is 6.49. The van der Waals surface area contributed by atoms with Crippen LogP contribution in [0.3, 0.4) is 0 Å². The van der Waals surface area contributed by atoms with Crippen molar-refractivity contribution in [2.75, 3.05) is 57.8 Å². The van der Waals surface area contributed by atoms with Crippen molar-refractivity contribution in [2.24, 2.45) is 4.99 Å². The van der Waals surface area contributed by atoms with Gasteiger partial charge in [-0.2, -0.15) is 0 Å². The van der Waals surface area contributed by atoms with E-state index >= 15 is 0 Å². The molecule has 2 saturated heterocycles. The third-order valence-corrected chi connectivity index (χ3v) is 4.76. The molecule has 2 fully saturated rings. The van der Waals surface area contributed by atoms with Crippen LogP contribution in [0.4, 0.5) is 10.5 Å². The molecule has 1 aromatic carbocycles. The average molecular weight is 379 g/mol. The molecule has 140 valence electrons. The average Bonchev–Trinajstić information content (AvgIpc) is 2.97. The SMILES string of the molecule is CN=C(NCCN1C(=O)CNC1=O)N1CCN(c2cccc(Cl)c2)CC1. The number of hydrogen-bond donors (Lipinski definition) is 2. The maximum atomic E-state index is 11.6. The first-order chi connectivity index (χ1) is 12.6. The molecule has 0 aliphatic carbocycles. The van der Waals surface area contributed by atoms with E-state index in [1.165, 1.54) is 4.90 Å². The van der Waals surface area contributed by atoms with Crippen LogP contribution in [0.5, 0.6) is 0 Å². The van der Waals surface area contributed by atoms with E-state index in [1.807, 2.05) is 18.2 Å². The van der Waals surface area contributed by atoms with Gasteiger partial charge in [0.1, 0.15) is 0 Å². The van der Waals surface area contributed by atoms with Gasteiger partial charge in [0.05, 0.1) is 6.54 Å². The second kappa shape index (κ2) is 8.27. The van der Waals surface area contributed by atoms with E-state index in [0.717, 1.165) is 42.8 Å². The number of guanidine groups is 1. The molecular formula is C17H23ClN6O2. The Morgan fingerprint density at radius 3 is 2.65 bits per heavy atom. The number of piperazine rings is 1. The minimum atomic E-state index is -0.332. The van der Waals surface area contributed by atoms with Crippen molar-refractivity contribution in [3.63, 3.8) is 0 Å². The Morgan fingerprint density at radius 2 is 2.04 bits per heavy atom. The molecule has 0 unspecified atom stereocenters. The number of urea groups is 1. The predicted octanol–water partition coefficient (Wildman–Crippen LogP) is 0.589. The summed E-state index contributed by atoms with van der Waals surface area (Å²) in [6, 6.07) is 7.54. The van der Waals surface area contributed by atoms with Crippen molar-refractivity contribution in [3.05, 3.63) is 29.3 Å². The van der Waals surface area contributed by atoms with Gasteiger partial charge >= 0.3 is 6.03 Å². The van der Waals surface area contributed by atoms with E-state index in [9.17, 15) is 9.59 Å². The van der Waals surface area contributed by atoms with Crippen molar-refractivity contribution in [1.82, 2.24) is 20.4 Å². The topological polar surface area (TPSA) is 80.3 Å². The molecule has 2 aliphatic rings. The van der Waals surface area contributed by atoms with Gasteiger partial charge in [0.25, 0.3) is 0 Å². The highest BCUT2D eigenvalue weighted by Crippen LogP contribution is 2.20. The molecule has 2 aliphatic heterocycles. The van der Waals surface area contributed by atoms with Crippen molar-refractivity contribution in [2.45, 2.75) is 0 Å². The van der Waals surface area contributed by atoms with Crippen LogP contribution < -0.4 is 15.5 Å². The summed E-state index contributed by atoms with van der Waals surface area (Å²) in [6.07, 6.45) is 0. The fourth-order valence-corrected chi connectivity index (χ4v) is 3.33. The minimum Gasteiger partial charge on any atom is -0.368 e. The molecule has 3 amide bonds. The van der Waals surface area contributed by atoms with Crippen LogP contribution in [0.1, 0.15) is 0 Å². The molecule has 9 heteroatoms. The Hall–Kier alpha value is -2.48. The van der Waals surface area contributed by atoms with Crippen LogP contribution in [0.2, 0.25) is 5.02 Å². The van der Waals surface area contributed by atoms with Crippen LogP contribution >= 0.6 is 11.6 Å². The van der Waals surface area contributed by atoms with E-state index in [2.05, 4.69) is 31.5 Å². The van der Waals surface area contributed by atoms with Gasteiger partial charge < -0.3 is 20.4 Å². The second-order valence-electron chi connectivity index (χ2n) is 6.13. The van der Waals surface area contributed by atoms with Crippen LogP contribution in [0.25, 0.3) is 0 Å². The van der Waals surface area contributed by atoms with E-state index in [0.29, 0.717) is 13.1 Å². The van der Waals surface area contributed by atoms with Crippen LogP contribution in [-0.2, 0) is 4.79 Å². The van der Waals surface area contributed by atoms with Gasteiger partial charge in [0, 0.05) is 57.0 Å². The number of rotatable bonds is 4. The summed E-state index contributed by atoms with van der Waals surface area (Å²) in [4.78, 5) is 33.1. The molecule has 0 saturated carbocycles. The third kappa shape index (κ3) is 4.19. The monoisotopic (exact) mass is 378 g/mol. The van der Waals surface area contributed by atoms with Gasteiger partial charge in [0.2, 0.25) is 5.91 Å². The molecule has 8 nitrogen and oxygen atoms in total. The van der Waals surface area contributed by atoms with Gasteiger partial charge in [0.15, 0.2) is 5.96 Å². The molecule has 1 aromatic rings. The summed E-state index contributed by atoms with van der Waals surface area (Å²) in [7, 11) is 1.74.